The van der Waals surface area contributed by atoms with E-state index in [1.54, 1.807) is 18.5 Å². The van der Waals surface area contributed by atoms with Crippen molar-refractivity contribution in [1.82, 2.24) is 29.6 Å². The molecule has 3 rings (SSSR count). The van der Waals surface area contributed by atoms with Crippen molar-refractivity contribution in [1.29, 1.82) is 0 Å². The van der Waals surface area contributed by atoms with Crippen molar-refractivity contribution in [2.24, 2.45) is 5.84 Å². The van der Waals surface area contributed by atoms with Crippen molar-refractivity contribution in [3.8, 4) is 12.0 Å². The molecule has 1 fully saturated rings. The van der Waals surface area contributed by atoms with E-state index in [4.69, 9.17) is 10.6 Å². The number of nitrogens with two attached hydrogens (primary N) is 1. The lowest BCUT2D eigenvalue weighted by Crippen LogP contribution is -2.36. The van der Waals surface area contributed by atoms with Gasteiger partial charge in [0, 0.05) is 25.5 Å². The second-order valence-electron chi connectivity index (χ2n) is 4.96. The Morgan fingerprint density at radius 2 is 2.10 bits per heavy atom. The minimum atomic E-state index is 0.111. The van der Waals surface area contributed by atoms with Gasteiger partial charge in [-0.05, 0) is 26.0 Å². The van der Waals surface area contributed by atoms with Gasteiger partial charge >= 0.3 is 6.01 Å². The zero-order valence-electron chi connectivity index (χ0n) is 11.8. The van der Waals surface area contributed by atoms with Crippen LogP contribution in [0.4, 0.5) is 5.95 Å². The van der Waals surface area contributed by atoms with Gasteiger partial charge in [0.25, 0.3) is 5.95 Å². The van der Waals surface area contributed by atoms with Gasteiger partial charge in [-0.25, -0.2) is 10.5 Å². The summed E-state index contributed by atoms with van der Waals surface area (Å²) in [6.45, 7) is 2.01. The number of hydrogen-bond donors (Lipinski definition) is 2. The molecule has 1 aliphatic heterocycles. The van der Waals surface area contributed by atoms with Gasteiger partial charge in [-0.3, -0.25) is 5.43 Å². The van der Waals surface area contributed by atoms with Gasteiger partial charge in [-0.1, -0.05) is 0 Å². The minimum absolute atomic E-state index is 0.111. The SMILES string of the molecule is CN1CCC(Oc2nc(NN)nc(-n3cccn3)n2)CC1. The summed E-state index contributed by atoms with van der Waals surface area (Å²) in [4.78, 5) is 14.8. The third-order valence-corrected chi connectivity index (χ3v) is 3.38. The van der Waals surface area contributed by atoms with Crippen LogP contribution in [0.5, 0.6) is 6.01 Å². The Bertz CT molecular complexity index is 579. The Morgan fingerprint density at radius 3 is 2.76 bits per heavy atom. The molecule has 21 heavy (non-hydrogen) atoms. The molecule has 112 valence electrons. The average Bonchev–Trinajstić information content (AvgIpc) is 3.04. The summed E-state index contributed by atoms with van der Waals surface area (Å²) in [7, 11) is 2.10. The van der Waals surface area contributed by atoms with Gasteiger partial charge in [-0.15, -0.1) is 0 Å². The Morgan fingerprint density at radius 1 is 1.29 bits per heavy atom. The number of likely N-dealkylation sites (tertiary alicyclic amines) is 1. The molecule has 0 aromatic carbocycles. The van der Waals surface area contributed by atoms with Crippen molar-refractivity contribution in [2.75, 3.05) is 25.6 Å². The van der Waals surface area contributed by atoms with Crippen LogP contribution in [0, 0.1) is 0 Å². The van der Waals surface area contributed by atoms with E-state index in [-0.39, 0.29) is 18.1 Å². The first-order valence-corrected chi connectivity index (χ1v) is 6.82. The molecule has 0 amide bonds. The second kappa shape index (κ2) is 6.02. The van der Waals surface area contributed by atoms with Crippen LogP contribution in [-0.2, 0) is 0 Å². The Balaban J connectivity index is 1.79. The lowest BCUT2D eigenvalue weighted by atomic mass is 10.1. The number of nitrogen functional groups attached to an aromatic ring is 1. The molecule has 0 saturated carbocycles. The minimum Gasteiger partial charge on any atom is -0.460 e. The number of ether oxygens (including phenoxy) is 1. The summed E-state index contributed by atoms with van der Waals surface area (Å²) in [5.41, 5.74) is 2.42. The van der Waals surface area contributed by atoms with Gasteiger partial charge in [0.15, 0.2) is 0 Å². The molecular formula is C12H18N8O. The monoisotopic (exact) mass is 290 g/mol. The van der Waals surface area contributed by atoms with Crippen LogP contribution in [0.2, 0.25) is 0 Å². The lowest BCUT2D eigenvalue weighted by molar-refractivity contribution is 0.105. The Labute approximate surface area is 122 Å². The maximum atomic E-state index is 5.86. The molecular weight excluding hydrogens is 272 g/mol. The molecule has 2 aromatic rings. The summed E-state index contributed by atoms with van der Waals surface area (Å²) in [6, 6.07) is 2.05. The first-order chi connectivity index (χ1) is 10.2. The van der Waals surface area contributed by atoms with Crippen LogP contribution < -0.4 is 16.0 Å². The fourth-order valence-electron chi connectivity index (χ4n) is 2.20. The first kappa shape index (κ1) is 13.7. The normalized spacial score (nSPS) is 16.9. The number of piperidine rings is 1. The van der Waals surface area contributed by atoms with Crippen LogP contribution >= 0.6 is 0 Å². The molecule has 0 bridgehead atoms. The quantitative estimate of drug-likeness (QED) is 0.589. The molecule has 0 radical (unpaired) electrons. The molecule has 0 aliphatic carbocycles. The number of rotatable bonds is 4. The van der Waals surface area contributed by atoms with Gasteiger partial charge in [-0.2, -0.15) is 20.1 Å². The molecule has 3 N–H and O–H groups in total. The summed E-state index contributed by atoms with van der Waals surface area (Å²) < 4.78 is 7.39. The third kappa shape index (κ3) is 3.26. The number of aromatic nitrogens is 5. The predicted octanol–water partition coefficient (Wildman–Crippen LogP) is -0.184. The van der Waals surface area contributed by atoms with Gasteiger partial charge in [0.05, 0.1) is 0 Å². The topological polar surface area (TPSA) is 107 Å². The van der Waals surface area contributed by atoms with Gasteiger partial charge in [0.2, 0.25) is 5.95 Å². The van der Waals surface area contributed by atoms with Crippen LogP contribution in [0.25, 0.3) is 5.95 Å². The maximum absolute atomic E-state index is 5.86. The molecule has 2 aromatic heterocycles. The summed E-state index contributed by atoms with van der Waals surface area (Å²) in [5.74, 6) is 6.01. The zero-order chi connectivity index (χ0) is 14.7. The average molecular weight is 290 g/mol. The van der Waals surface area contributed by atoms with E-state index in [1.165, 1.54) is 4.68 Å². The van der Waals surface area contributed by atoms with Crippen molar-refractivity contribution in [3.63, 3.8) is 0 Å². The molecule has 0 atom stereocenters. The Kier molecular flexibility index (Phi) is 3.93. The highest BCUT2D eigenvalue weighted by Crippen LogP contribution is 2.16. The fraction of sp³-hybridized carbons (Fsp3) is 0.500. The second-order valence-corrected chi connectivity index (χ2v) is 4.96. The highest BCUT2D eigenvalue weighted by Gasteiger charge is 2.20. The van der Waals surface area contributed by atoms with Crippen LogP contribution in [0.1, 0.15) is 12.8 Å². The van der Waals surface area contributed by atoms with Crippen molar-refractivity contribution < 1.29 is 4.74 Å². The van der Waals surface area contributed by atoms with Crippen LogP contribution in [0.3, 0.4) is 0 Å². The highest BCUT2D eigenvalue weighted by molar-refractivity contribution is 5.28. The molecule has 0 unspecified atom stereocenters. The maximum Gasteiger partial charge on any atom is 0.323 e. The fourth-order valence-corrected chi connectivity index (χ4v) is 2.20. The summed E-state index contributed by atoms with van der Waals surface area (Å²) in [5, 5.41) is 4.09. The summed E-state index contributed by atoms with van der Waals surface area (Å²) >= 11 is 0. The third-order valence-electron chi connectivity index (χ3n) is 3.38. The number of nitrogens with zero attached hydrogens (tertiary/aromatic N) is 6. The zero-order valence-corrected chi connectivity index (χ0v) is 11.8. The van der Waals surface area contributed by atoms with E-state index >= 15 is 0 Å². The highest BCUT2D eigenvalue weighted by atomic mass is 16.5. The molecule has 1 saturated heterocycles. The van der Waals surface area contributed by atoms with E-state index in [0.29, 0.717) is 5.95 Å². The number of anilines is 1. The van der Waals surface area contributed by atoms with Crippen LogP contribution in [0.15, 0.2) is 18.5 Å². The lowest BCUT2D eigenvalue weighted by Gasteiger charge is -2.28. The molecule has 9 heteroatoms. The van der Waals surface area contributed by atoms with E-state index in [1.807, 2.05) is 0 Å². The first-order valence-electron chi connectivity index (χ1n) is 6.82. The summed E-state index contributed by atoms with van der Waals surface area (Å²) in [6.07, 6.45) is 5.40. The largest absolute Gasteiger partial charge is 0.460 e. The smallest absolute Gasteiger partial charge is 0.323 e. The molecule has 0 spiro atoms. The number of hydrogen-bond acceptors (Lipinski definition) is 8. The molecule has 1 aliphatic rings. The van der Waals surface area contributed by atoms with Crippen molar-refractivity contribution in [3.05, 3.63) is 18.5 Å². The number of nitrogens with one attached hydrogen (secondary N) is 1. The van der Waals surface area contributed by atoms with E-state index in [2.05, 4.69) is 37.4 Å². The number of hydrazine groups is 1. The van der Waals surface area contributed by atoms with Gasteiger partial charge in [0.1, 0.15) is 6.10 Å². The standard InChI is InChI=1S/C12H18N8O/c1-19-7-3-9(4-8-19)21-12-16-10(18-13)15-11(17-12)20-6-2-5-14-20/h2,5-6,9H,3-4,7-8,13H2,1H3,(H,15,16,17,18). The molecule has 9 nitrogen and oxygen atoms in total. The van der Waals surface area contributed by atoms with Crippen LogP contribution in [-0.4, -0.2) is 55.9 Å². The Hall–Kier alpha value is -2.26. The van der Waals surface area contributed by atoms with E-state index in [0.717, 1.165) is 25.9 Å². The van der Waals surface area contributed by atoms with Gasteiger partial charge < -0.3 is 9.64 Å². The van der Waals surface area contributed by atoms with E-state index < -0.39 is 0 Å². The van der Waals surface area contributed by atoms with Crippen molar-refractivity contribution in [2.45, 2.75) is 18.9 Å². The van der Waals surface area contributed by atoms with Crippen molar-refractivity contribution >= 4 is 5.95 Å². The molecule has 3 heterocycles. The predicted molar refractivity (Wildman–Crippen MR) is 75.9 cm³/mol. The van der Waals surface area contributed by atoms with E-state index in [9.17, 15) is 0 Å².